The minimum atomic E-state index is 0.591. The molecule has 0 fully saturated rings. The predicted octanol–water partition coefficient (Wildman–Crippen LogP) is 1.06. The molecule has 0 amide bonds. The second-order valence-electron chi connectivity index (χ2n) is 2.35. The molecule has 0 radical (unpaired) electrons. The number of pyridine rings is 1. The molecule has 1 aromatic heterocycles. The molecule has 0 saturated carbocycles. The molecule has 2 N–H and O–H groups in total. The zero-order valence-corrected chi connectivity index (χ0v) is 7.30. The van der Waals surface area contributed by atoms with Crippen molar-refractivity contribution in [2.45, 2.75) is 6.54 Å². The Morgan fingerprint density at radius 2 is 2.36 bits per heavy atom. The number of halogens is 1. The highest BCUT2D eigenvalue weighted by molar-refractivity contribution is 9.10. The van der Waals surface area contributed by atoms with E-state index in [4.69, 9.17) is 5.73 Å². The van der Waals surface area contributed by atoms with Crippen molar-refractivity contribution in [1.82, 2.24) is 4.98 Å². The normalized spacial score (nSPS) is 14.5. The summed E-state index contributed by atoms with van der Waals surface area (Å²) in [6.07, 6.45) is 1.76. The fourth-order valence-corrected chi connectivity index (χ4v) is 1.39. The van der Waals surface area contributed by atoms with Gasteiger partial charge in [-0.05, 0) is 22.0 Å². The van der Waals surface area contributed by atoms with Gasteiger partial charge in [-0.25, -0.2) is 0 Å². The van der Waals surface area contributed by atoms with Crippen LogP contribution >= 0.6 is 15.9 Å². The van der Waals surface area contributed by atoms with E-state index < -0.39 is 0 Å². The SMILES string of the molecule is NC1=NCc2ncc(Br)cc21. The summed E-state index contributed by atoms with van der Waals surface area (Å²) >= 11 is 3.32. The molecule has 3 nitrogen and oxygen atoms in total. The third-order valence-corrected chi connectivity index (χ3v) is 2.05. The van der Waals surface area contributed by atoms with Gasteiger partial charge in [-0.2, -0.15) is 0 Å². The summed E-state index contributed by atoms with van der Waals surface area (Å²) < 4.78 is 0.941. The Balaban J connectivity index is 2.60. The lowest BCUT2D eigenvalue weighted by molar-refractivity contribution is 1.02. The topological polar surface area (TPSA) is 51.3 Å². The number of amidine groups is 1. The highest BCUT2D eigenvalue weighted by atomic mass is 79.9. The lowest BCUT2D eigenvalue weighted by Crippen LogP contribution is -2.10. The van der Waals surface area contributed by atoms with Crippen molar-refractivity contribution in [2.24, 2.45) is 10.7 Å². The zero-order chi connectivity index (χ0) is 7.84. The highest BCUT2D eigenvalue weighted by Crippen LogP contribution is 2.18. The molecule has 0 saturated heterocycles. The minimum Gasteiger partial charge on any atom is -0.383 e. The summed E-state index contributed by atoms with van der Waals surface area (Å²) in [5.74, 6) is 0.591. The number of hydrogen-bond acceptors (Lipinski definition) is 3. The van der Waals surface area contributed by atoms with E-state index in [9.17, 15) is 0 Å². The fourth-order valence-electron chi connectivity index (χ4n) is 1.06. The first-order valence-corrected chi connectivity index (χ1v) is 4.01. The molecule has 2 heterocycles. The highest BCUT2D eigenvalue weighted by Gasteiger charge is 2.13. The molecule has 56 valence electrons. The van der Waals surface area contributed by atoms with Crippen LogP contribution in [0.15, 0.2) is 21.7 Å². The van der Waals surface area contributed by atoms with E-state index in [0.717, 1.165) is 15.7 Å². The monoisotopic (exact) mass is 211 g/mol. The van der Waals surface area contributed by atoms with Gasteiger partial charge in [0.05, 0.1) is 12.2 Å². The molecule has 11 heavy (non-hydrogen) atoms. The van der Waals surface area contributed by atoms with Crippen LogP contribution in [0.25, 0.3) is 0 Å². The van der Waals surface area contributed by atoms with E-state index in [1.54, 1.807) is 6.20 Å². The van der Waals surface area contributed by atoms with E-state index in [1.807, 2.05) is 6.07 Å². The van der Waals surface area contributed by atoms with Crippen LogP contribution in [0.1, 0.15) is 11.3 Å². The average molecular weight is 212 g/mol. The van der Waals surface area contributed by atoms with Crippen LogP contribution in [0.4, 0.5) is 0 Å². The van der Waals surface area contributed by atoms with Gasteiger partial charge in [0.1, 0.15) is 5.84 Å². The summed E-state index contributed by atoms with van der Waals surface area (Å²) in [5, 5.41) is 0. The Hall–Kier alpha value is -0.900. The molecular formula is C7H6BrN3. The third-order valence-electron chi connectivity index (χ3n) is 1.61. The Kier molecular flexibility index (Phi) is 1.42. The molecule has 1 aliphatic rings. The van der Waals surface area contributed by atoms with Crippen LogP contribution in [-0.4, -0.2) is 10.8 Å². The minimum absolute atomic E-state index is 0.591. The van der Waals surface area contributed by atoms with Crippen molar-refractivity contribution in [1.29, 1.82) is 0 Å². The van der Waals surface area contributed by atoms with Gasteiger partial charge >= 0.3 is 0 Å². The maximum absolute atomic E-state index is 5.60. The average Bonchev–Trinajstić information content (AvgIpc) is 2.33. The molecule has 1 aliphatic heterocycles. The molecule has 1 aromatic rings. The van der Waals surface area contributed by atoms with Crippen LogP contribution in [0.5, 0.6) is 0 Å². The lowest BCUT2D eigenvalue weighted by Gasteiger charge is -1.97. The Morgan fingerprint density at radius 1 is 1.55 bits per heavy atom. The van der Waals surface area contributed by atoms with Crippen molar-refractivity contribution in [3.05, 3.63) is 28.0 Å². The fraction of sp³-hybridized carbons (Fsp3) is 0.143. The second kappa shape index (κ2) is 2.30. The number of hydrogen-bond donors (Lipinski definition) is 1. The molecular weight excluding hydrogens is 206 g/mol. The Morgan fingerprint density at radius 3 is 3.18 bits per heavy atom. The number of fused-ring (bicyclic) bond motifs is 1. The summed E-state index contributed by atoms with van der Waals surface area (Å²) in [7, 11) is 0. The lowest BCUT2D eigenvalue weighted by atomic mass is 10.2. The van der Waals surface area contributed by atoms with Crippen molar-refractivity contribution in [2.75, 3.05) is 0 Å². The Labute approximate surface area is 72.5 Å². The van der Waals surface area contributed by atoms with Crippen molar-refractivity contribution < 1.29 is 0 Å². The summed E-state index contributed by atoms with van der Waals surface area (Å²) in [4.78, 5) is 8.22. The molecule has 0 spiro atoms. The zero-order valence-electron chi connectivity index (χ0n) is 5.71. The van der Waals surface area contributed by atoms with Gasteiger partial charge in [-0.1, -0.05) is 0 Å². The first-order chi connectivity index (χ1) is 5.27. The quantitative estimate of drug-likeness (QED) is 0.699. The summed E-state index contributed by atoms with van der Waals surface area (Å²) in [6.45, 7) is 0.619. The third kappa shape index (κ3) is 1.03. The molecule has 0 atom stereocenters. The van der Waals surface area contributed by atoms with Crippen molar-refractivity contribution in [3.63, 3.8) is 0 Å². The van der Waals surface area contributed by atoms with Gasteiger partial charge in [-0.3, -0.25) is 9.98 Å². The van der Waals surface area contributed by atoms with Crippen molar-refractivity contribution >= 4 is 21.8 Å². The summed E-state index contributed by atoms with van der Waals surface area (Å²) in [6, 6.07) is 1.94. The molecule has 0 unspecified atom stereocenters. The van der Waals surface area contributed by atoms with Gasteiger partial charge in [-0.15, -0.1) is 0 Å². The number of nitrogens with zero attached hydrogens (tertiary/aromatic N) is 2. The first-order valence-electron chi connectivity index (χ1n) is 3.22. The maximum atomic E-state index is 5.60. The molecule has 4 heteroatoms. The van der Waals surface area contributed by atoms with Gasteiger partial charge in [0, 0.05) is 16.2 Å². The first kappa shape index (κ1) is 6.79. The van der Waals surface area contributed by atoms with Crippen LogP contribution in [-0.2, 0) is 6.54 Å². The van der Waals surface area contributed by atoms with E-state index >= 15 is 0 Å². The van der Waals surface area contributed by atoms with Crippen LogP contribution in [0.2, 0.25) is 0 Å². The van der Waals surface area contributed by atoms with E-state index in [1.165, 1.54) is 0 Å². The van der Waals surface area contributed by atoms with E-state index in [0.29, 0.717) is 12.4 Å². The Bertz CT molecular complexity index is 332. The molecule has 2 rings (SSSR count). The standard InChI is InChI=1S/C7H6BrN3/c8-4-1-5-6(10-2-4)3-11-7(5)9/h1-2H,3H2,(H2,9,11). The van der Waals surface area contributed by atoms with Gasteiger partial charge in [0.2, 0.25) is 0 Å². The van der Waals surface area contributed by atoms with Crippen LogP contribution in [0.3, 0.4) is 0 Å². The molecule has 0 aliphatic carbocycles. The second-order valence-corrected chi connectivity index (χ2v) is 3.26. The van der Waals surface area contributed by atoms with E-state index in [-0.39, 0.29) is 0 Å². The molecule has 0 bridgehead atoms. The number of rotatable bonds is 0. The number of aliphatic imine (C=N–C) groups is 1. The van der Waals surface area contributed by atoms with Crippen molar-refractivity contribution in [3.8, 4) is 0 Å². The maximum Gasteiger partial charge on any atom is 0.127 e. The van der Waals surface area contributed by atoms with Crippen LogP contribution in [0, 0.1) is 0 Å². The largest absolute Gasteiger partial charge is 0.383 e. The summed E-state index contributed by atoms with van der Waals surface area (Å²) in [5.41, 5.74) is 7.53. The molecule has 0 aromatic carbocycles. The van der Waals surface area contributed by atoms with Crippen LogP contribution < -0.4 is 5.73 Å². The predicted molar refractivity (Wildman–Crippen MR) is 46.4 cm³/mol. The van der Waals surface area contributed by atoms with Gasteiger partial charge < -0.3 is 5.73 Å². The van der Waals surface area contributed by atoms with E-state index in [2.05, 4.69) is 25.9 Å². The number of aromatic nitrogens is 1. The smallest absolute Gasteiger partial charge is 0.127 e. The van der Waals surface area contributed by atoms with Gasteiger partial charge in [0.15, 0.2) is 0 Å². The van der Waals surface area contributed by atoms with Gasteiger partial charge in [0.25, 0.3) is 0 Å². The number of nitrogens with two attached hydrogens (primary N) is 1.